The topological polar surface area (TPSA) is 67.8 Å². The van der Waals surface area contributed by atoms with E-state index in [1.165, 1.54) is 0 Å². The van der Waals surface area contributed by atoms with Crippen LogP contribution in [0.4, 0.5) is 0 Å². The predicted octanol–water partition coefficient (Wildman–Crippen LogP) is 3.32. The van der Waals surface area contributed by atoms with Crippen molar-refractivity contribution >= 4 is 17.4 Å². The molecule has 0 saturated carbocycles. The zero-order chi connectivity index (χ0) is 14.5. The van der Waals surface area contributed by atoms with Gasteiger partial charge in [0.2, 0.25) is 0 Å². The molecule has 0 aliphatic rings. The average Bonchev–Trinajstić information content (AvgIpc) is 2.46. The molecule has 0 atom stereocenters. The van der Waals surface area contributed by atoms with Gasteiger partial charge in [-0.15, -0.1) is 0 Å². The molecule has 0 bridgehead atoms. The van der Waals surface area contributed by atoms with Crippen molar-refractivity contribution in [2.75, 3.05) is 0 Å². The summed E-state index contributed by atoms with van der Waals surface area (Å²) in [6.07, 6.45) is 0. The second-order valence-corrected chi connectivity index (χ2v) is 4.81. The van der Waals surface area contributed by atoms with E-state index < -0.39 is 0 Å². The van der Waals surface area contributed by atoms with Gasteiger partial charge in [-0.1, -0.05) is 47.1 Å². The minimum Gasteiger partial charge on any atom is -0.487 e. The molecule has 0 radical (unpaired) electrons. The number of nitrogens with zero attached hydrogens (tertiary/aromatic N) is 1. The highest BCUT2D eigenvalue weighted by Gasteiger charge is 2.03. The van der Waals surface area contributed by atoms with Crippen molar-refractivity contribution in [2.45, 2.75) is 13.5 Å². The van der Waals surface area contributed by atoms with Gasteiger partial charge in [-0.05, 0) is 30.2 Å². The Labute approximate surface area is 122 Å². The van der Waals surface area contributed by atoms with Gasteiger partial charge in [-0.25, -0.2) is 0 Å². The van der Waals surface area contributed by atoms with E-state index in [4.69, 9.17) is 27.3 Å². The molecule has 2 aromatic rings. The van der Waals surface area contributed by atoms with Gasteiger partial charge in [0.25, 0.3) is 0 Å². The third-order valence-electron chi connectivity index (χ3n) is 2.84. The first-order chi connectivity index (χ1) is 9.60. The van der Waals surface area contributed by atoms with Crippen LogP contribution in [-0.2, 0) is 6.61 Å². The van der Waals surface area contributed by atoms with Crippen molar-refractivity contribution in [3.05, 3.63) is 64.2 Å². The summed E-state index contributed by atoms with van der Waals surface area (Å²) in [5.41, 5.74) is 8.21. The van der Waals surface area contributed by atoms with Gasteiger partial charge in [0, 0.05) is 5.56 Å². The summed E-state index contributed by atoms with van der Waals surface area (Å²) < 4.78 is 5.66. The molecule has 0 aromatic heterocycles. The number of halogens is 1. The Morgan fingerprint density at radius 3 is 2.55 bits per heavy atom. The lowest BCUT2D eigenvalue weighted by atomic mass is 10.1. The fourth-order valence-corrected chi connectivity index (χ4v) is 2.00. The fourth-order valence-electron chi connectivity index (χ4n) is 1.71. The monoisotopic (exact) mass is 290 g/mol. The van der Waals surface area contributed by atoms with E-state index in [0.29, 0.717) is 22.9 Å². The Morgan fingerprint density at radius 2 is 1.95 bits per heavy atom. The molecular weight excluding hydrogens is 276 g/mol. The number of ether oxygens (including phenoxy) is 1. The molecule has 20 heavy (non-hydrogen) atoms. The summed E-state index contributed by atoms with van der Waals surface area (Å²) in [6.45, 7) is 2.38. The summed E-state index contributed by atoms with van der Waals surface area (Å²) in [5.74, 6) is 0.733. The molecular formula is C15H15ClN2O2. The first kappa shape index (κ1) is 14.2. The van der Waals surface area contributed by atoms with Crippen LogP contribution in [0.2, 0.25) is 5.02 Å². The van der Waals surface area contributed by atoms with Crippen LogP contribution in [0.25, 0.3) is 0 Å². The number of rotatable bonds is 4. The lowest BCUT2D eigenvalue weighted by Crippen LogP contribution is -2.12. The molecule has 0 fully saturated rings. The van der Waals surface area contributed by atoms with Crippen LogP contribution in [0, 0.1) is 6.92 Å². The maximum absolute atomic E-state index is 8.59. The molecule has 0 saturated heterocycles. The highest BCUT2D eigenvalue weighted by Crippen LogP contribution is 2.25. The zero-order valence-electron chi connectivity index (χ0n) is 11.0. The Bertz CT molecular complexity index is 624. The molecule has 0 unspecified atom stereocenters. The van der Waals surface area contributed by atoms with Crippen molar-refractivity contribution < 1.29 is 9.94 Å². The second kappa shape index (κ2) is 6.30. The SMILES string of the molecule is Cc1ccc(OCc2ccc(C(N)=NO)cc2)c(Cl)c1. The summed E-state index contributed by atoms with van der Waals surface area (Å²) >= 11 is 6.10. The van der Waals surface area contributed by atoms with E-state index in [9.17, 15) is 0 Å². The van der Waals surface area contributed by atoms with E-state index in [0.717, 1.165) is 11.1 Å². The first-order valence-electron chi connectivity index (χ1n) is 6.06. The smallest absolute Gasteiger partial charge is 0.170 e. The molecule has 5 heteroatoms. The van der Waals surface area contributed by atoms with Crippen LogP contribution < -0.4 is 10.5 Å². The fraction of sp³-hybridized carbons (Fsp3) is 0.133. The van der Waals surface area contributed by atoms with Gasteiger partial charge in [0.15, 0.2) is 5.84 Å². The third kappa shape index (κ3) is 3.42. The van der Waals surface area contributed by atoms with Crippen molar-refractivity contribution in [3.63, 3.8) is 0 Å². The van der Waals surface area contributed by atoms with Crippen LogP contribution in [0.15, 0.2) is 47.6 Å². The van der Waals surface area contributed by atoms with Gasteiger partial charge in [0.1, 0.15) is 12.4 Å². The van der Waals surface area contributed by atoms with E-state index >= 15 is 0 Å². The van der Waals surface area contributed by atoms with Crippen LogP contribution in [0.3, 0.4) is 0 Å². The number of hydrogen-bond donors (Lipinski definition) is 2. The normalized spacial score (nSPS) is 11.4. The highest BCUT2D eigenvalue weighted by atomic mass is 35.5. The quantitative estimate of drug-likeness (QED) is 0.393. The number of aryl methyl sites for hydroxylation is 1. The third-order valence-corrected chi connectivity index (χ3v) is 3.13. The van der Waals surface area contributed by atoms with Crippen LogP contribution >= 0.6 is 11.6 Å². The molecule has 0 aliphatic heterocycles. The van der Waals surface area contributed by atoms with Crippen molar-refractivity contribution in [2.24, 2.45) is 10.9 Å². The molecule has 0 aliphatic carbocycles. The van der Waals surface area contributed by atoms with Crippen LogP contribution in [-0.4, -0.2) is 11.0 Å². The van der Waals surface area contributed by atoms with Crippen molar-refractivity contribution in [1.82, 2.24) is 0 Å². The zero-order valence-corrected chi connectivity index (χ0v) is 11.8. The van der Waals surface area contributed by atoms with Gasteiger partial charge >= 0.3 is 0 Å². The molecule has 4 nitrogen and oxygen atoms in total. The Balaban J connectivity index is 2.04. The maximum Gasteiger partial charge on any atom is 0.170 e. The number of nitrogens with two attached hydrogens (primary N) is 1. The van der Waals surface area contributed by atoms with E-state index in [1.54, 1.807) is 12.1 Å². The van der Waals surface area contributed by atoms with Crippen LogP contribution in [0.1, 0.15) is 16.7 Å². The number of hydrogen-bond acceptors (Lipinski definition) is 3. The Morgan fingerprint density at radius 1 is 1.25 bits per heavy atom. The molecule has 3 N–H and O–H groups in total. The van der Waals surface area contributed by atoms with Gasteiger partial charge in [-0.2, -0.15) is 0 Å². The molecule has 0 spiro atoms. The van der Waals surface area contributed by atoms with Gasteiger partial charge in [-0.3, -0.25) is 0 Å². The standard InChI is InChI=1S/C15H15ClN2O2/c1-10-2-7-14(13(16)8-10)20-9-11-3-5-12(6-4-11)15(17)18-19/h2-8,19H,9H2,1H3,(H2,17,18). The maximum atomic E-state index is 8.59. The summed E-state index contributed by atoms with van der Waals surface area (Å²) in [4.78, 5) is 0. The van der Waals surface area contributed by atoms with E-state index in [-0.39, 0.29) is 5.84 Å². The summed E-state index contributed by atoms with van der Waals surface area (Å²) in [6, 6.07) is 12.9. The molecule has 104 valence electrons. The summed E-state index contributed by atoms with van der Waals surface area (Å²) in [7, 11) is 0. The first-order valence-corrected chi connectivity index (χ1v) is 6.43. The average molecular weight is 291 g/mol. The van der Waals surface area contributed by atoms with Crippen molar-refractivity contribution in [3.8, 4) is 5.75 Å². The molecule has 0 amide bonds. The molecule has 2 aromatic carbocycles. The number of benzene rings is 2. The minimum absolute atomic E-state index is 0.0825. The summed E-state index contributed by atoms with van der Waals surface area (Å²) in [5, 5.41) is 12.1. The number of oxime groups is 1. The van der Waals surface area contributed by atoms with Crippen LogP contribution in [0.5, 0.6) is 5.75 Å². The predicted molar refractivity (Wildman–Crippen MR) is 79.5 cm³/mol. The van der Waals surface area contributed by atoms with E-state index in [2.05, 4.69) is 5.16 Å². The Kier molecular flexibility index (Phi) is 4.48. The van der Waals surface area contributed by atoms with E-state index in [1.807, 2.05) is 37.3 Å². The number of amidine groups is 1. The minimum atomic E-state index is 0.0825. The van der Waals surface area contributed by atoms with Crippen molar-refractivity contribution in [1.29, 1.82) is 0 Å². The largest absolute Gasteiger partial charge is 0.487 e. The van der Waals surface area contributed by atoms with Gasteiger partial charge in [0.05, 0.1) is 5.02 Å². The highest BCUT2D eigenvalue weighted by molar-refractivity contribution is 6.32. The van der Waals surface area contributed by atoms with Gasteiger partial charge < -0.3 is 15.7 Å². The Hall–Kier alpha value is -2.20. The molecule has 0 heterocycles. The second-order valence-electron chi connectivity index (χ2n) is 4.40. The lowest BCUT2D eigenvalue weighted by Gasteiger charge is -2.09. The molecule has 2 rings (SSSR count). The lowest BCUT2D eigenvalue weighted by molar-refractivity contribution is 0.306.